The van der Waals surface area contributed by atoms with E-state index in [-0.39, 0.29) is 5.91 Å². The van der Waals surface area contributed by atoms with Crippen molar-refractivity contribution in [1.82, 2.24) is 10.2 Å². The third-order valence-electron chi connectivity index (χ3n) is 3.24. The smallest absolute Gasteiger partial charge is 0.319 e. The average Bonchev–Trinajstić information content (AvgIpc) is 2.94. The zero-order chi connectivity index (χ0) is 14.5. The van der Waals surface area contributed by atoms with Crippen molar-refractivity contribution < 1.29 is 9.59 Å². The number of nitrogens with one attached hydrogen (secondary N) is 2. The number of halogens is 1. The molecule has 20 heavy (non-hydrogen) atoms. The highest BCUT2D eigenvalue weighted by Crippen LogP contribution is 2.13. The lowest BCUT2D eigenvalue weighted by Gasteiger charge is -2.21. The highest BCUT2D eigenvalue weighted by Gasteiger charge is 2.24. The first-order valence-electron chi connectivity index (χ1n) is 6.68. The first kappa shape index (κ1) is 14.7. The molecule has 1 saturated heterocycles. The lowest BCUT2D eigenvalue weighted by Crippen LogP contribution is -2.47. The van der Waals surface area contributed by atoms with Gasteiger partial charge in [0.15, 0.2) is 0 Å². The van der Waals surface area contributed by atoms with Crippen molar-refractivity contribution in [2.45, 2.75) is 25.8 Å². The summed E-state index contributed by atoms with van der Waals surface area (Å²) in [6, 6.07) is 5.86. The first-order chi connectivity index (χ1) is 9.56. The SMILES string of the molecule is C[C@H](NC(=O)Nc1ccc(Cl)cc1)C(=O)N1CCCC1. The quantitative estimate of drug-likeness (QED) is 0.900. The van der Waals surface area contributed by atoms with Crippen LogP contribution in [0.1, 0.15) is 19.8 Å². The largest absolute Gasteiger partial charge is 0.341 e. The van der Waals surface area contributed by atoms with E-state index in [0.29, 0.717) is 10.7 Å². The minimum Gasteiger partial charge on any atom is -0.341 e. The maximum Gasteiger partial charge on any atom is 0.319 e. The van der Waals surface area contributed by atoms with Crippen LogP contribution in [0.4, 0.5) is 10.5 Å². The van der Waals surface area contributed by atoms with Gasteiger partial charge in [-0.15, -0.1) is 0 Å². The summed E-state index contributed by atoms with van der Waals surface area (Å²) in [6.45, 7) is 3.26. The van der Waals surface area contributed by atoms with Crippen LogP contribution in [-0.2, 0) is 4.79 Å². The van der Waals surface area contributed by atoms with Gasteiger partial charge in [-0.05, 0) is 44.0 Å². The summed E-state index contributed by atoms with van der Waals surface area (Å²) in [5.74, 6) is -0.0336. The van der Waals surface area contributed by atoms with Crippen molar-refractivity contribution in [2.24, 2.45) is 0 Å². The van der Waals surface area contributed by atoms with Crippen LogP contribution < -0.4 is 10.6 Å². The van der Waals surface area contributed by atoms with E-state index >= 15 is 0 Å². The van der Waals surface area contributed by atoms with Crippen LogP contribution in [0.3, 0.4) is 0 Å². The molecule has 5 nitrogen and oxygen atoms in total. The number of hydrogen-bond donors (Lipinski definition) is 2. The molecule has 3 amide bonds. The number of carbonyl (C=O) groups is 2. The number of nitrogens with zero attached hydrogens (tertiary/aromatic N) is 1. The van der Waals surface area contributed by atoms with Crippen molar-refractivity contribution in [2.75, 3.05) is 18.4 Å². The van der Waals surface area contributed by atoms with E-state index in [4.69, 9.17) is 11.6 Å². The van der Waals surface area contributed by atoms with Crippen molar-refractivity contribution in [3.8, 4) is 0 Å². The topological polar surface area (TPSA) is 61.4 Å². The first-order valence-corrected chi connectivity index (χ1v) is 7.06. The molecule has 0 spiro atoms. The molecule has 1 heterocycles. The molecule has 0 radical (unpaired) electrons. The number of rotatable bonds is 3. The van der Waals surface area contributed by atoms with E-state index in [1.54, 1.807) is 36.1 Å². The Hall–Kier alpha value is -1.75. The van der Waals surface area contributed by atoms with Gasteiger partial charge in [-0.3, -0.25) is 4.79 Å². The Morgan fingerprint density at radius 2 is 1.80 bits per heavy atom. The van der Waals surface area contributed by atoms with Gasteiger partial charge in [0.05, 0.1) is 0 Å². The summed E-state index contributed by atoms with van der Waals surface area (Å²) in [6.07, 6.45) is 2.07. The van der Waals surface area contributed by atoms with Crippen LogP contribution >= 0.6 is 11.6 Å². The second-order valence-electron chi connectivity index (χ2n) is 4.86. The van der Waals surface area contributed by atoms with Crippen molar-refractivity contribution >= 4 is 29.2 Å². The lowest BCUT2D eigenvalue weighted by atomic mass is 10.3. The molecule has 1 aromatic rings. The molecule has 0 saturated carbocycles. The Morgan fingerprint density at radius 3 is 2.40 bits per heavy atom. The Morgan fingerprint density at radius 1 is 1.20 bits per heavy atom. The minimum atomic E-state index is -0.527. The lowest BCUT2D eigenvalue weighted by molar-refractivity contribution is -0.131. The molecule has 1 aliphatic rings. The molecule has 2 rings (SSSR count). The standard InChI is InChI=1S/C14H18ClN3O2/c1-10(13(19)18-8-2-3-9-18)16-14(20)17-12-6-4-11(15)5-7-12/h4-7,10H,2-3,8-9H2,1H3,(H2,16,17,20)/t10-/m0/s1. The summed E-state index contributed by atoms with van der Waals surface area (Å²) in [5, 5.41) is 5.92. The van der Waals surface area contributed by atoms with Gasteiger partial charge in [0.2, 0.25) is 5.91 Å². The highest BCUT2D eigenvalue weighted by molar-refractivity contribution is 6.30. The normalized spacial score (nSPS) is 15.8. The van der Waals surface area contributed by atoms with Crippen LogP contribution in [0.5, 0.6) is 0 Å². The third kappa shape index (κ3) is 3.87. The Labute approximate surface area is 123 Å². The number of benzene rings is 1. The zero-order valence-electron chi connectivity index (χ0n) is 11.4. The summed E-state index contributed by atoms with van der Waals surface area (Å²) in [5.41, 5.74) is 0.632. The van der Waals surface area contributed by atoms with Crippen LogP contribution in [0.25, 0.3) is 0 Å². The molecule has 0 bridgehead atoms. The Kier molecular flexibility index (Phi) is 4.84. The van der Waals surface area contributed by atoms with Gasteiger partial charge in [-0.2, -0.15) is 0 Å². The van der Waals surface area contributed by atoms with E-state index in [2.05, 4.69) is 10.6 Å². The Balaban J connectivity index is 1.84. The van der Waals surface area contributed by atoms with Gasteiger partial charge < -0.3 is 15.5 Å². The molecule has 0 unspecified atom stereocenters. The molecule has 1 aliphatic heterocycles. The monoisotopic (exact) mass is 295 g/mol. The molecule has 1 atom stereocenters. The highest BCUT2D eigenvalue weighted by atomic mass is 35.5. The minimum absolute atomic E-state index is 0.0336. The van der Waals surface area contributed by atoms with E-state index in [9.17, 15) is 9.59 Å². The third-order valence-corrected chi connectivity index (χ3v) is 3.49. The van der Waals surface area contributed by atoms with Crippen molar-refractivity contribution in [3.63, 3.8) is 0 Å². The molecular formula is C14H18ClN3O2. The van der Waals surface area contributed by atoms with Gasteiger partial charge >= 0.3 is 6.03 Å². The average molecular weight is 296 g/mol. The number of likely N-dealkylation sites (tertiary alicyclic amines) is 1. The molecule has 1 aromatic carbocycles. The maximum absolute atomic E-state index is 12.0. The van der Waals surface area contributed by atoms with Gasteiger partial charge in [-0.1, -0.05) is 11.6 Å². The van der Waals surface area contributed by atoms with Gasteiger partial charge in [0, 0.05) is 23.8 Å². The van der Waals surface area contributed by atoms with Gasteiger partial charge in [0.1, 0.15) is 6.04 Å². The molecule has 0 aromatic heterocycles. The fraction of sp³-hybridized carbons (Fsp3) is 0.429. The number of carbonyl (C=O) groups excluding carboxylic acids is 2. The van der Waals surface area contributed by atoms with Crippen LogP contribution in [-0.4, -0.2) is 36.0 Å². The molecule has 2 N–H and O–H groups in total. The second-order valence-corrected chi connectivity index (χ2v) is 5.30. The van der Waals surface area contributed by atoms with E-state index < -0.39 is 12.1 Å². The zero-order valence-corrected chi connectivity index (χ0v) is 12.1. The molecular weight excluding hydrogens is 278 g/mol. The molecule has 0 aliphatic carbocycles. The van der Waals surface area contributed by atoms with Crippen molar-refractivity contribution in [1.29, 1.82) is 0 Å². The van der Waals surface area contributed by atoms with E-state index in [1.165, 1.54) is 0 Å². The summed E-state index contributed by atoms with van der Waals surface area (Å²) in [7, 11) is 0. The Bertz CT molecular complexity index is 484. The predicted octanol–water partition coefficient (Wildman–Crippen LogP) is 2.47. The molecule has 108 valence electrons. The second kappa shape index (κ2) is 6.61. The van der Waals surface area contributed by atoms with E-state index in [0.717, 1.165) is 25.9 Å². The fourth-order valence-corrected chi connectivity index (χ4v) is 2.30. The fourth-order valence-electron chi connectivity index (χ4n) is 2.17. The maximum atomic E-state index is 12.0. The van der Waals surface area contributed by atoms with Crippen LogP contribution in [0.2, 0.25) is 5.02 Å². The van der Waals surface area contributed by atoms with Crippen molar-refractivity contribution in [3.05, 3.63) is 29.3 Å². The number of hydrogen-bond acceptors (Lipinski definition) is 2. The molecule has 6 heteroatoms. The van der Waals surface area contributed by atoms with E-state index in [1.807, 2.05) is 0 Å². The number of anilines is 1. The van der Waals surface area contributed by atoms with Gasteiger partial charge in [-0.25, -0.2) is 4.79 Å². The summed E-state index contributed by atoms with van der Waals surface area (Å²) >= 11 is 5.77. The number of amides is 3. The number of urea groups is 1. The summed E-state index contributed by atoms with van der Waals surface area (Å²) in [4.78, 5) is 25.6. The van der Waals surface area contributed by atoms with Crippen LogP contribution in [0.15, 0.2) is 24.3 Å². The van der Waals surface area contributed by atoms with Crippen LogP contribution in [0, 0.1) is 0 Å². The predicted molar refractivity (Wildman–Crippen MR) is 78.9 cm³/mol. The summed E-state index contributed by atoms with van der Waals surface area (Å²) < 4.78 is 0. The van der Waals surface area contributed by atoms with Gasteiger partial charge in [0.25, 0.3) is 0 Å². The molecule has 1 fully saturated rings.